The van der Waals surface area contributed by atoms with Gasteiger partial charge in [0.1, 0.15) is 5.75 Å². The minimum absolute atomic E-state index is 0.124. The van der Waals surface area contributed by atoms with Crippen LogP contribution < -0.4 is 0 Å². The van der Waals surface area contributed by atoms with Gasteiger partial charge in [-0.1, -0.05) is 53.7 Å². The van der Waals surface area contributed by atoms with Crippen molar-refractivity contribution in [3.63, 3.8) is 0 Å². The summed E-state index contributed by atoms with van der Waals surface area (Å²) in [6.07, 6.45) is 8.63. The van der Waals surface area contributed by atoms with Crippen molar-refractivity contribution in [1.29, 1.82) is 0 Å². The molecule has 1 nitrogen and oxygen atoms in total. The first kappa shape index (κ1) is 23.1. The van der Waals surface area contributed by atoms with Gasteiger partial charge in [-0.05, 0) is 28.5 Å². The molecule has 0 heterocycles. The third-order valence-corrected chi connectivity index (χ3v) is 3.22. The zero-order valence-corrected chi connectivity index (χ0v) is 18.2. The van der Waals surface area contributed by atoms with Crippen LogP contribution in [-0.2, 0) is 25.4 Å². The van der Waals surface area contributed by atoms with Gasteiger partial charge in [0.15, 0.2) is 0 Å². The summed E-state index contributed by atoms with van der Waals surface area (Å²) in [4.78, 5) is 0. The molecule has 0 amide bonds. The molecule has 2 rings (SSSR count). The van der Waals surface area contributed by atoms with Gasteiger partial charge in [0.05, 0.1) is 0 Å². The fourth-order valence-electron chi connectivity index (χ4n) is 1.89. The van der Waals surface area contributed by atoms with Crippen LogP contribution in [0.4, 0.5) is 0 Å². The van der Waals surface area contributed by atoms with E-state index >= 15 is 0 Å². The summed E-state index contributed by atoms with van der Waals surface area (Å²) < 4.78 is 1.42. The van der Waals surface area contributed by atoms with E-state index in [1.165, 1.54) is 9.38 Å². The SMILES string of the molecule is CC(C)(C)C1=[C-]CC=C1.CC(C)(C)c1cccc(O)c1.C[C](C)=[Ti+]. The van der Waals surface area contributed by atoms with Gasteiger partial charge >= 0.3 is 37.6 Å². The van der Waals surface area contributed by atoms with E-state index in [1.807, 2.05) is 12.1 Å². The number of phenolic OH excluding ortho intramolecular Hbond substituents is 1. The first-order valence-electron chi connectivity index (χ1n) is 8.43. The quantitative estimate of drug-likeness (QED) is 0.434. The Morgan fingerprint density at radius 3 is 1.83 bits per heavy atom. The van der Waals surface area contributed by atoms with Gasteiger partial charge in [0.2, 0.25) is 0 Å². The second kappa shape index (κ2) is 10.2. The van der Waals surface area contributed by atoms with E-state index in [4.69, 9.17) is 0 Å². The average molecular weight is 361 g/mol. The Morgan fingerprint density at radius 1 is 1.04 bits per heavy atom. The Hall–Kier alpha value is -0.916. The standard InChI is InChI=1S/C10H14O.C9H13.C3H6.Ti/c1-10(2,3)8-5-4-6-9(11)7-8;1-9(2,3)8-6-4-5-7-8;1-3-2;/h4-7,11H,1-3H3;4,6H,5H2,1-3H3;1-2H3;/q;-1;;+1. The summed E-state index contributed by atoms with van der Waals surface area (Å²) >= 11 is 2.08. The molecular weight excluding hydrogens is 328 g/mol. The van der Waals surface area contributed by atoms with Gasteiger partial charge in [-0.25, -0.2) is 11.6 Å². The van der Waals surface area contributed by atoms with Gasteiger partial charge in [0.25, 0.3) is 0 Å². The third-order valence-electron chi connectivity index (χ3n) is 3.22. The molecule has 1 aliphatic rings. The Kier molecular flexibility index (Phi) is 9.77. The van der Waals surface area contributed by atoms with Gasteiger partial charge in [-0.2, -0.15) is 6.08 Å². The van der Waals surface area contributed by atoms with Gasteiger partial charge in [0, 0.05) is 0 Å². The van der Waals surface area contributed by atoms with Crippen LogP contribution in [0.3, 0.4) is 0 Å². The molecule has 0 atom stereocenters. The van der Waals surface area contributed by atoms with Crippen LogP contribution in [0.2, 0.25) is 0 Å². The summed E-state index contributed by atoms with van der Waals surface area (Å²) in [7, 11) is 0. The van der Waals surface area contributed by atoms with E-state index in [2.05, 4.69) is 93.6 Å². The van der Waals surface area contributed by atoms with E-state index < -0.39 is 0 Å². The normalized spacial score (nSPS) is 13.3. The van der Waals surface area contributed by atoms with Crippen LogP contribution in [0.5, 0.6) is 5.75 Å². The zero-order valence-electron chi connectivity index (χ0n) is 16.6. The summed E-state index contributed by atoms with van der Waals surface area (Å²) in [6, 6.07) is 7.39. The Morgan fingerprint density at radius 2 is 1.58 bits per heavy atom. The Bertz CT molecular complexity index is 577. The topological polar surface area (TPSA) is 20.2 Å². The Balaban J connectivity index is 0.000000367. The van der Waals surface area contributed by atoms with E-state index in [-0.39, 0.29) is 5.41 Å². The van der Waals surface area contributed by atoms with E-state index in [9.17, 15) is 5.11 Å². The molecule has 1 N–H and O–H groups in total. The molecule has 131 valence electrons. The van der Waals surface area contributed by atoms with Crippen molar-refractivity contribution < 1.29 is 25.1 Å². The first-order chi connectivity index (χ1) is 10.8. The predicted octanol–water partition coefficient (Wildman–Crippen LogP) is 6.16. The molecule has 0 aromatic heterocycles. The zero-order chi connectivity index (χ0) is 19.0. The van der Waals surface area contributed by atoms with Gasteiger partial charge < -0.3 is 5.11 Å². The average Bonchev–Trinajstić information content (AvgIpc) is 2.91. The van der Waals surface area contributed by atoms with E-state index in [1.54, 1.807) is 12.1 Å². The molecular formula is C22H33OTi. The monoisotopic (exact) mass is 361 g/mol. The molecule has 0 fully saturated rings. The number of allylic oxidation sites excluding steroid dienone is 4. The molecule has 1 aromatic carbocycles. The van der Waals surface area contributed by atoms with Crippen molar-refractivity contribution in [1.82, 2.24) is 0 Å². The van der Waals surface area contributed by atoms with Gasteiger partial charge in [-0.3, -0.25) is 6.08 Å². The minimum atomic E-state index is 0.124. The van der Waals surface area contributed by atoms with Crippen molar-refractivity contribution in [2.45, 2.75) is 67.2 Å². The predicted molar refractivity (Wildman–Crippen MR) is 103 cm³/mol. The maximum atomic E-state index is 9.18. The number of benzene rings is 1. The van der Waals surface area contributed by atoms with Crippen LogP contribution in [0, 0.1) is 11.5 Å². The second-order valence-electron chi connectivity index (χ2n) is 8.25. The van der Waals surface area contributed by atoms with Gasteiger partial charge in [-0.15, -0.1) is 6.42 Å². The number of hydrogen-bond acceptors (Lipinski definition) is 1. The fraction of sp³-hybridized carbons (Fsp3) is 0.500. The van der Waals surface area contributed by atoms with Crippen LogP contribution in [0.1, 0.15) is 67.4 Å². The number of phenols is 1. The first-order valence-corrected chi connectivity index (χ1v) is 9.21. The van der Waals surface area contributed by atoms with Crippen molar-refractivity contribution >= 4 is 3.81 Å². The molecule has 0 spiro atoms. The Labute approximate surface area is 160 Å². The maximum absolute atomic E-state index is 9.18. The molecule has 2 heteroatoms. The fourth-order valence-corrected chi connectivity index (χ4v) is 1.89. The van der Waals surface area contributed by atoms with Crippen molar-refractivity contribution in [3.8, 4) is 5.75 Å². The molecule has 24 heavy (non-hydrogen) atoms. The van der Waals surface area contributed by atoms with Crippen molar-refractivity contribution in [2.75, 3.05) is 0 Å². The van der Waals surface area contributed by atoms with Crippen molar-refractivity contribution in [3.05, 3.63) is 53.6 Å². The molecule has 0 radical (unpaired) electrons. The molecule has 0 saturated carbocycles. The molecule has 0 saturated heterocycles. The molecule has 1 aromatic rings. The van der Waals surface area contributed by atoms with Crippen LogP contribution in [0.25, 0.3) is 0 Å². The van der Waals surface area contributed by atoms with Crippen molar-refractivity contribution in [2.24, 2.45) is 5.41 Å². The third kappa shape index (κ3) is 10.8. The number of rotatable bonds is 0. The molecule has 1 aliphatic carbocycles. The van der Waals surface area contributed by atoms with Crippen LogP contribution in [-0.4, -0.2) is 8.92 Å². The number of aromatic hydroxyl groups is 1. The molecule has 0 unspecified atom stereocenters. The number of hydrogen-bond donors (Lipinski definition) is 1. The molecule has 0 aliphatic heterocycles. The summed E-state index contributed by atoms with van der Waals surface area (Å²) in [5.41, 5.74) is 2.94. The summed E-state index contributed by atoms with van der Waals surface area (Å²) in [5, 5.41) is 9.18. The second-order valence-corrected chi connectivity index (χ2v) is 9.81. The molecule has 0 bridgehead atoms. The summed E-state index contributed by atoms with van der Waals surface area (Å²) in [6.45, 7) is 17.2. The summed E-state index contributed by atoms with van der Waals surface area (Å²) in [5.74, 6) is 0.345. The van der Waals surface area contributed by atoms with E-state index in [0.717, 1.165) is 12.0 Å². The van der Waals surface area contributed by atoms with Crippen LogP contribution >= 0.6 is 0 Å². The van der Waals surface area contributed by atoms with Crippen LogP contribution in [0.15, 0.2) is 42.0 Å². The van der Waals surface area contributed by atoms with E-state index in [0.29, 0.717) is 11.2 Å².